The van der Waals surface area contributed by atoms with Gasteiger partial charge in [-0.3, -0.25) is 9.59 Å². The van der Waals surface area contributed by atoms with Crippen molar-refractivity contribution in [2.45, 2.75) is 270 Å². The predicted molar refractivity (Wildman–Crippen MR) is 214 cm³/mol. The summed E-state index contributed by atoms with van der Waals surface area (Å²) in [5.41, 5.74) is 0. The van der Waals surface area contributed by atoms with Crippen molar-refractivity contribution >= 4 is 11.9 Å². The van der Waals surface area contributed by atoms with Crippen LogP contribution < -0.4 is 0 Å². The Morgan fingerprint density at radius 1 is 0.286 bits per heavy atom. The quantitative estimate of drug-likeness (QED) is 0.0510. The summed E-state index contributed by atoms with van der Waals surface area (Å²) < 4.78 is 4.69. The first kappa shape index (κ1) is 47.9. The van der Waals surface area contributed by atoms with Crippen LogP contribution in [0.4, 0.5) is 0 Å². The van der Waals surface area contributed by atoms with Gasteiger partial charge in [-0.15, -0.1) is 0 Å². The number of esters is 1. The maximum absolute atomic E-state index is 11.1. The number of carboxylic acid groups (broad SMARTS) is 1. The van der Waals surface area contributed by atoms with Gasteiger partial charge in [0.05, 0.1) is 7.11 Å². The number of methoxy groups -OCH3 is 1. The highest BCUT2D eigenvalue weighted by Crippen LogP contribution is 2.18. The van der Waals surface area contributed by atoms with Crippen LogP contribution in [0.1, 0.15) is 270 Å². The standard InChI is InChI=1S/C45H88O4/c1-49-45(48)43-41-39-37-35-33-31-29-27-25-23-21-19-17-15-13-11-9-7-5-3-2-4-6-8-10-12-14-16-18-20-22-24-26-28-30-32-34-36-38-40-42-44(46)47/h2-43H2,1H3,(H,46,47). The van der Waals surface area contributed by atoms with Crippen molar-refractivity contribution in [3.63, 3.8) is 0 Å². The Morgan fingerprint density at radius 3 is 0.571 bits per heavy atom. The van der Waals surface area contributed by atoms with Gasteiger partial charge in [-0.1, -0.05) is 244 Å². The van der Waals surface area contributed by atoms with Crippen LogP contribution in [0.3, 0.4) is 0 Å². The third kappa shape index (κ3) is 44.9. The molecule has 0 aromatic rings. The number of rotatable bonds is 43. The Labute approximate surface area is 307 Å². The van der Waals surface area contributed by atoms with Gasteiger partial charge in [0, 0.05) is 12.8 Å². The third-order valence-electron chi connectivity index (χ3n) is 10.7. The molecule has 0 saturated carbocycles. The van der Waals surface area contributed by atoms with Crippen molar-refractivity contribution in [2.24, 2.45) is 0 Å². The molecule has 0 heterocycles. The number of ether oxygens (including phenoxy) is 1. The molecule has 0 radical (unpaired) electrons. The number of aliphatic carboxylic acids is 1. The van der Waals surface area contributed by atoms with Crippen LogP contribution in [-0.4, -0.2) is 24.2 Å². The fraction of sp³-hybridized carbons (Fsp3) is 0.956. The molecule has 0 spiro atoms. The molecule has 0 bridgehead atoms. The van der Waals surface area contributed by atoms with Crippen molar-refractivity contribution in [1.82, 2.24) is 0 Å². The Morgan fingerprint density at radius 2 is 0.429 bits per heavy atom. The minimum absolute atomic E-state index is 0.0632. The first-order valence-electron chi connectivity index (χ1n) is 22.5. The van der Waals surface area contributed by atoms with E-state index in [-0.39, 0.29) is 5.97 Å². The highest BCUT2D eigenvalue weighted by Gasteiger charge is 2.01. The molecule has 1 N–H and O–H groups in total. The lowest BCUT2D eigenvalue weighted by molar-refractivity contribution is -0.141. The number of unbranched alkanes of at least 4 members (excludes halogenated alkanes) is 39. The molecular weight excluding hydrogens is 604 g/mol. The zero-order chi connectivity index (χ0) is 35.6. The fourth-order valence-corrected chi connectivity index (χ4v) is 7.37. The molecule has 0 aliphatic carbocycles. The molecule has 4 nitrogen and oxygen atoms in total. The van der Waals surface area contributed by atoms with Crippen molar-refractivity contribution in [3.05, 3.63) is 0 Å². The lowest BCUT2D eigenvalue weighted by Gasteiger charge is -2.05. The lowest BCUT2D eigenvalue weighted by atomic mass is 10.0. The van der Waals surface area contributed by atoms with Crippen LogP contribution in [0.25, 0.3) is 0 Å². The molecule has 292 valence electrons. The van der Waals surface area contributed by atoms with Crippen LogP contribution >= 0.6 is 0 Å². The molecule has 4 heteroatoms. The highest BCUT2D eigenvalue weighted by atomic mass is 16.5. The van der Waals surface area contributed by atoms with E-state index in [1.54, 1.807) is 0 Å². The van der Waals surface area contributed by atoms with Gasteiger partial charge in [-0.25, -0.2) is 0 Å². The minimum Gasteiger partial charge on any atom is -0.481 e. The molecule has 0 aromatic carbocycles. The summed E-state index contributed by atoms with van der Waals surface area (Å²) in [6.45, 7) is 0. The largest absolute Gasteiger partial charge is 0.481 e. The molecule has 0 amide bonds. The molecular formula is C45H88O4. The topological polar surface area (TPSA) is 63.6 Å². The molecule has 0 aromatic heterocycles. The zero-order valence-electron chi connectivity index (χ0n) is 33.4. The Kier molecular flexibility index (Phi) is 42.2. The maximum Gasteiger partial charge on any atom is 0.305 e. The number of carboxylic acids is 1. The van der Waals surface area contributed by atoms with E-state index >= 15 is 0 Å². The molecule has 0 unspecified atom stereocenters. The second-order valence-corrected chi connectivity index (χ2v) is 15.6. The van der Waals surface area contributed by atoms with Crippen LogP contribution in [0.15, 0.2) is 0 Å². The molecule has 0 fully saturated rings. The summed E-state index contributed by atoms with van der Waals surface area (Å²) >= 11 is 0. The normalized spacial score (nSPS) is 11.4. The van der Waals surface area contributed by atoms with Crippen LogP contribution in [0.5, 0.6) is 0 Å². The maximum atomic E-state index is 11.1. The van der Waals surface area contributed by atoms with E-state index in [0.29, 0.717) is 12.8 Å². The third-order valence-corrected chi connectivity index (χ3v) is 10.7. The monoisotopic (exact) mass is 693 g/mol. The Hall–Kier alpha value is -1.06. The van der Waals surface area contributed by atoms with E-state index in [4.69, 9.17) is 5.11 Å². The van der Waals surface area contributed by atoms with Gasteiger partial charge >= 0.3 is 11.9 Å². The summed E-state index contributed by atoms with van der Waals surface area (Å²) in [6, 6.07) is 0. The molecule has 0 aliphatic heterocycles. The molecule has 49 heavy (non-hydrogen) atoms. The van der Waals surface area contributed by atoms with Crippen LogP contribution in [-0.2, 0) is 14.3 Å². The van der Waals surface area contributed by atoms with E-state index in [2.05, 4.69) is 4.74 Å². The number of hydrogen-bond donors (Lipinski definition) is 1. The zero-order valence-corrected chi connectivity index (χ0v) is 33.4. The second-order valence-electron chi connectivity index (χ2n) is 15.6. The predicted octanol–water partition coefficient (Wildman–Crippen LogP) is 15.6. The summed E-state index contributed by atoms with van der Waals surface area (Å²) in [7, 11) is 1.48. The SMILES string of the molecule is COC(=O)CCCCCCCCCCCCCCCCCCCCCCCCCCCCCCCCCCCCCCCCCCC(=O)O. The molecule has 0 aliphatic rings. The van der Waals surface area contributed by atoms with Crippen LogP contribution in [0, 0.1) is 0 Å². The van der Waals surface area contributed by atoms with Gasteiger partial charge < -0.3 is 9.84 Å². The summed E-state index contributed by atoms with van der Waals surface area (Å²) in [5.74, 6) is -0.713. The van der Waals surface area contributed by atoms with Crippen molar-refractivity contribution in [1.29, 1.82) is 0 Å². The number of carbonyl (C=O) groups excluding carboxylic acids is 1. The minimum atomic E-state index is -0.650. The average molecular weight is 693 g/mol. The van der Waals surface area contributed by atoms with E-state index in [1.165, 1.54) is 245 Å². The van der Waals surface area contributed by atoms with Crippen LogP contribution in [0.2, 0.25) is 0 Å². The molecule has 0 atom stereocenters. The van der Waals surface area contributed by atoms with E-state index in [9.17, 15) is 9.59 Å². The summed E-state index contributed by atoms with van der Waals surface area (Å²) in [6.07, 6.45) is 56.1. The average Bonchev–Trinajstić information content (AvgIpc) is 3.10. The second kappa shape index (κ2) is 43.1. The summed E-state index contributed by atoms with van der Waals surface area (Å²) in [5, 5.41) is 8.65. The van der Waals surface area contributed by atoms with Gasteiger partial charge in [0.2, 0.25) is 0 Å². The van der Waals surface area contributed by atoms with E-state index in [1.807, 2.05) is 0 Å². The smallest absolute Gasteiger partial charge is 0.305 e. The lowest BCUT2D eigenvalue weighted by Crippen LogP contribution is -1.99. The van der Waals surface area contributed by atoms with E-state index in [0.717, 1.165) is 19.3 Å². The van der Waals surface area contributed by atoms with Gasteiger partial charge in [-0.05, 0) is 12.8 Å². The van der Waals surface area contributed by atoms with Crippen molar-refractivity contribution < 1.29 is 19.4 Å². The fourth-order valence-electron chi connectivity index (χ4n) is 7.37. The van der Waals surface area contributed by atoms with Crippen molar-refractivity contribution in [3.8, 4) is 0 Å². The Balaban J connectivity index is 3.06. The summed E-state index contributed by atoms with van der Waals surface area (Å²) in [4.78, 5) is 21.6. The van der Waals surface area contributed by atoms with Gasteiger partial charge in [-0.2, -0.15) is 0 Å². The number of carbonyl (C=O) groups is 2. The van der Waals surface area contributed by atoms with E-state index < -0.39 is 5.97 Å². The first-order valence-corrected chi connectivity index (χ1v) is 22.5. The highest BCUT2D eigenvalue weighted by molar-refractivity contribution is 5.69. The van der Waals surface area contributed by atoms with Gasteiger partial charge in [0.25, 0.3) is 0 Å². The van der Waals surface area contributed by atoms with Crippen molar-refractivity contribution in [2.75, 3.05) is 7.11 Å². The van der Waals surface area contributed by atoms with Gasteiger partial charge in [0.15, 0.2) is 0 Å². The Bertz CT molecular complexity index is 648. The molecule has 0 rings (SSSR count). The first-order chi connectivity index (χ1) is 24.2. The molecule has 0 saturated heterocycles. The number of hydrogen-bond acceptors (Lipinski definition) is 3. The van der Waals surface area contributed by atoms with Gasteiger partial charge in [0.1, 0.15) is 0 Å².